The first-order valence-corrected chi connectivity index (χ1v) is 15.7. The van der Waals surface area contributed by atoms with E-state index in [1.807, 2.05) is 24.3 Å². The Bertz CT molecular complexity index is 1560. The molecule has 2 N–H and O–H groups in total. The lowest BCUT2D eigenvalue weighted by Gasteiger charge is -2.40. The number of hydrogen-bond acceptors (Lipinski definition) is 7. The van der Waals surface area contributed by atoms with E-state index in [1.165, 1.54) is 36.3 Å². The number of nitrogens with zero attached hydrogens (tertiary/aromatic N) is 2. The van der Waals surface area contributed by atoms with Crippen molar-refractivity contribution in [2.75, 3.05) is 32.1 Å². The fourth-order valence-corrected chi connectivity index (χ4v) is 8.37. The quantitative estimate of drug-likeness (QED) is 0.398. The minimum absolute atomic E-state index is 0.0342. The molecule has 13 heteroatoms. The molecule has 2 heterocycles. The molecule has 1 fully saturated rings. The van der Waals surface area contributed by atoms with Crippen LogP contribution >= 0.6 is 22.9 Å². The van der Waals surface area contributed by atoms with Crippen molar-refractivity contribution in [3.05, 3.63) is 81.7 Å². The fourth-order valence-electron chi connectivity index (χ4n) is 5.19. The van der Waals surface area contributed by atoms with Crippen molar-refractivity contribution in [1.82, 2.24) is 14.5 Å². The van der Waals surface area contributed by atoms with E-state index < -0.39 is 34.0 Å². The number of nitrogens with one attached hydrogen (secondary N) is 2. The fraction of sp³-hybridized carbons (Fsp3) is 0.321. The van der Waals surface area contributed by atoms with Crippen LogP contribution in [0, 0.1) is 0 Å². The Morgan fingerprint density at radius 2 is 1.78 bits per heavy atom. The number of halogens is 1. The van der Waals surface area contributed by atoms with Gasteiger partial charge in [-0.3, -0.25) is 4.79 Å². The van der Waals surface area contributed by atoms with E-state index in [-0.39, 0.29) is 29.9 Å². The highest BCUT2D eigenvalue weighted by Gasteiger charge is 2.42. The van der Waals surface area contributed by atoms with Crippen molar-refractivity contribution in [2.45, 2.75) is 35.6 Å². The van der Waals surface area contributed by atoms with Crippen LogP contribution in [-0.2, 0) is 26.0 Å². The van der Waals surface area contributed by atoms with E-state index in [0.717, 1.165) is 46.0 Å². The van der Waals surface area contributed by atoms with Crippen molar-refractivity contribution in [3.63, 3.8) is 0 Å². The van der Waals surface area contributed by atoms with Gasteiger partial charge in [-0.15, -0.1) is 11.3 Å². The lowest BCUT2D eigenvalue weighted by Crippen LogP contribution is -2.62. The molecule has 3 amide bonds. The number of carbonyl (C=O) groups excluding carboxylic acids is 3. The van der Waals surface area contributed by atoms with Crippen LogP contribution in [0.25, 0.3) is 0 Å². The minimum Gasteiger partial charge on any atom is -0.465 e. The number of urea groups is 1. The summed E-state index contributed by atoms with van der Waals surface area (Å²) < 4.78 is 33.5. The lowest BCUT2D eigenvalue weighted by molar-refractivity contribution is -0.127. The number of rotatable bonds is 6. The highest BCUT2D eigenvalue weighted by molar-refractivity contribution is 7.91. The van der Waals surface area contributed by atoms with Crippen LogP contribution in [0.15, 0.2) is 64.9 Å². The normalized spacial score (nSPS) is 19.2. The topological polar surface area (TPSA) is 125 Å². The first kappa shape index (κ1) is 29.1. The Morgan fingerprint density at radius 3 is 2.49 bits per heavy atom. The van der Waals surface area contributed by atoms with Gasteiger partial charge in [0, 0.05) is 25.3 Å². The molecule has 5 rings (SSSR count). The van der Waals surface area contributed by atoms with Crippen LogP contribution in [-0.4, -0.2) is 68.3 Å². The van der Waals surface area contributed by atoms with Crippen LogP contribution in [0.4, 0.5) is 10.5 Å². The van der Waals surface area contributed by atoms with Gasteiger partial charge < -0.3 is 20.3 Å². The molecule has 1 saturated heterocycles. The number of fused-ring (bicyclic) bond motifs is 1. The van der Waals surface area contributed by atoms with Crippen LogP contribution in [0.2, 0.25) is 4.34 Å². The average molecular weight is 617 g/mol. The van der Waals surface area contributed by atoms with Gasteiger partial charge in [0.2, 0.25) is 5.91 Å². The predicted molar refractivity (Wildman–Crippen MR) is 156 cm³/mol. The molecule has 2 aliphatic rings. The Kier molecular flexibility index (Phi) is 8.64. The Labute approximate surface area is 247 Å². The van der Waals surface area contributed by atoms with Gasteiger partial charge in [-0.2, -0.15) is 4.31 Å². The molecular formula is C28H29ClN4O6S2. The third-order valence-corrected chi connectivity index (χ3v) is 10.9. The molecule has 216 valence electrons. The van der Waals surface area contributed by atoms with Crippen molar-refractivity contribution < 1.29 is 27.5 Å². The Balaban J connectivity index is 1.37. The van der Waals surface area contributed by atoms with Crippen LogP contribution in [0.3, 0.4) is 0 Å². The summed E-state index contributed by atoms with van der Waals surface area (Å²) in [5.74, 6) is -0.973. The number of sulfonamides is 1. The minimum atomic E-state index is -4.06. The number of piperazine rings is 1. The summed E-state index contributed by atoms with van der Waals surface area (Å²) in [4.78, 5) is 40.1. The number of benzene rings is 2. The first-order chi connectivity index (χ1) is 19.7. The number of anilines is 1. The van der Waals surface area contributed by atoms with Crippen LogP contribution in [0.1, 0.15) is 40.4 Å². The van der Waals surface area contributed by atoms with Gasteiger partial charge in [0.15, 0.2) is 0 Å². The third-order valence-electron chi connectivity index (χ3n) is 7.28. The Morgan fingerprint density at radius 1 is 1.02 bits per heavy atom. The van der Waals surface area contributed by atoms with Gasteiger partial charge in [0.25, 0.3) is 10.0 Å². The maximum atomic E-state index is 13.8. The van der Waals surface area contributed by atoms with Gasteiger partial charge in [-0.05, 0) is 66.8 Å². The number of esters is 1. The smallest absolute Gasteiger partial charge is 0.337 e. The van der Waals surface area contributed by atoms with E-state index in [0.29, 0.717) is 15.6 Å². The highest BCUT2D eigenvalue weighted by Crippen LogP contribution is 2.32. The van der Waals surface area contributed by atoms with Crippen molar-refractivity contribution >= 4 is 56.6 Å². The Hall–Kier alpha value is -3.45. The summed E-state index contributed by atoms with van der Waals surface area (Å²) in [7, 11) is -2.77. The molecule has 41 heavy (non-hydrogen) atoms. The molecule has 2 unspecified atom stereocenters. The molecule has 1 aliphatic heterocycles. The van der Waals surface area contributed by atoms with Crippen molar-refractivity contribution in [3.8, 4) is 0 Å². The van der Waals surface area contributed by atoms with Gasteiger partial charge in [-0.1, -0.05) is 35.9 Å². The number of thiophene rings is 1. The maximum Gasteiger partial charge on any atom is 0.337 e. The number of hydrogen-bond donors (Lipinski definition) is 2. The average Bonchev–Trinajstić information content (AvgIpc) is 3.44. The zero-order chi connectivity index (χ0) is 29.1. The lowest BCUT2D eigenvalue weighted by atomic mass is 9.87. The van der Waals surface area contributed by atoms with E-state index in [2.05, 4.69) is 10.6 Å². The third kappa shape index (κ3) is 6.25. The highest BCUT2D eigenvalue weighted by atomic mass is 35.5. The van der Waals surface area contributed by atoms with Gasteiger partial charge in [-0.25, -0.2) is 18.0 Å². The molecule has 2 aromatic carbocycles. The second-order valence-corrected chi connectivity index (χ2v) is 13.6. The summed E-state index contributed by atoms with van der Waals surface area (Å²) in [5, 5.41) is 5.82. The predicted octanol–water partition coefficient (Wildman–Crippen LogP) is 4.29. The standard InChI is InChI=1S/C28H29ClN4O6S2/c1-39-27(35)19-9-11-20(12-10-19)30-28(36)32-15-16-33(41(37,38)25-14-13-24(29)40-25)23(17-32)26(34)31-22-8-4-6-18-5-2-3-7-21(18)22/h2-3,5,7,9-14,22-23H,4,6,8,15-17H2,1H3,(H,30,36)(H,31,34). The molecule has 3 aromatic rings. The summed E-state index contributed by atoms with van der Waals surface area (Å²) in [5.41, 5.74) is 2.95. The first-order valence-electron chi connectivity index (χ1n) is 13.1. The second kappa shape index (κ2) is 12.2. The largest absolute Gasteiger partial charge is 0.465 e. The van der Waals surface area contributed by atoms with Gasteiger partial charge in [0.05, 0.1) is 23.1 Å². The molecule has 0 radical (unpaired) electrons. The van der Waals surface area contributed by atoms with Gasteiger partial charge in [0.1, 0.15) is 10.3 Å². The maximum absolute atomic E-state index is 13.8. The monoisotopic (exact) mass is 616 g/mol. The SMILES string of the molecule is COC(=O)c1ccc(NC(=O)N2CCN(S(=O)(=O)c3ccc(Cl)s3)C(C(=O)NC3CCCc4ccccc43)C2)cc1. The zero-order valence-electron chi connectivity index (χ0n) is 22.2. The second-order valence-electron chi connectivity index (χ2n) is 9.79. The number of ether oxygens (including phenoxy) is 1. The van der Waals surface area contributed by atoms with E-state index in [9.17, 15) is 22.8 Å². The summed E-state index contributed by atoms with van der Waals surface area (Å²) in [6.07, 6.45) is 2.54. The summed E-state index contributed by atoms with van der Waals surface area (Å²) >= 11 is 6.95. The molecule has 0 saturated carbocycles. The number of methoxy groups -OCH3 is 1. The summed E-state index contributed by atoms with van der Waals surface area (Å²) in [6.45, 7) is -0.156. The number of carbonyl (C=O) groups is 3. The number of amides is 3. The molecule has 0 bridgehead atoms. The van der Waals surface area contributed by atoms with Crippen molar-refractivity contribution in [2.24, 2.45) is 0 Å². The van der Waals surface area contributed by atoms with E-state index >= 15 is 0 Å². The number of aryl methyl sites for hydroxylation is 1. The summed E-state index contributed by atoms with van der Waals surface area (Å²) in [6, 6.07) is 15.1. The molecule has 0 spiro atoms. The van der Waals surface area contributed by atoms with Gasteiger partial charge >= 0.3 is 12.0 Å². The molecule has 10 nitrogen and oxygen atoms in total. The van der Waals surface area contributed by atoms with E-state index in [4.69, 9.17) is 16.3 Å². The van der Waals surface area contributed by atoms with Crippen LogP contribution in [0.5, 0.6) is 0 Å². The molecule has 2 atom stereocenters. The molecular weight excluding hydrogens is 588 g/mol. The zero-order valence-corrected chi connectivity index (χ0v) is 24.6. The van der Waals surface area contributed by atoms with Crippen molar-refractivity contribution in [1.29, 1.82) is 0 Å². The molecule has 1 aromatic heterocycles. The van der Waals surface area contributed by atoms with E-state index in [1.54, 1.807) is 12.1 Å². The van der Waals surface area contributed by atoms with Crippen LogP contribution < -0.4 is 10.6 Å². The molecule has 1 aliphatic carbocycles.